The molecular formula is C22H27N3O. The summed E-state index contributed by atoms with van der Waals surface area (Å²) >= 11 is 0. The number of unbranched alkanes of at least 4 members (excludes halogenated alkanes) is 1. The Hall–Kier alpha value is -2.62. The summed E-state index contributed by atoms with van der Waals surface area (Å²) in [6.45, 7) is 5.39. The maximum atomic E-state index is 12.7. The van der Waals surface area contributed by atoms with Crippen LogP contribution in [0.15, 0.2) is 48.5 Å². The number of aromatic nitrogens is 2. The number of hydrogen-bond acceptors (Lipinski definition) is 2. The summed E-state index contributed by atoms with van der Waals surface area (Å²) in [6, 6.07) is 16.4. The molecule has 1 amide bonds. The molecule has 1 aromatic heterocycles. The molecule has 0 spiro atoms. The predicted octanol–water partition coefficient (Wildman–Crippen LogP) is 4.19. The second-order valence-electron chi connectivity index (χ2n) is 6.87. The van der Waals surface area contributed by atoms with Crippen LogP contribution in [-0.4, -0.2) is 34.0 Å². The van der Waals surface area contributed by atoms with E-state index in [1.54, 1.807) is 0 Å². The van der Waals surface area contributed by atoms with Gasteiger partial charge in [0, 0.05) is 20.0 Å². The number of carbonyl (C=O) groups excluding carboxylic acids is 1. The number of likely N-dealkylation sites (N-methyl/N-ethyl adjacent to an activating group) is 1. The molecule has 0 aliphatic rings. The summed E-state index contributed by atoms with van der Waals surface area (Å²) in [7, 11) is 1.89. The van der Waals surface area contributed by atoms with E-state index in [-0.39, 0.29) is 5.91 Å². The first kappa shape index (κ1) is 18.2. The first-order chi connectivity index (χ1) is 12.6. The van der Waals surface area contributed by atoms with Gasteiger partial charge in [-0.1, -0.05) is 49.7 Å². The Morgan fingerprint density at radius 2 is 1.85 bits per heavy atom. The average Bonchev–Trinajstić information content (AvgIpc) is 2.99. The maximum absolute atomic E-state index is 12.7. The van der Waals surface area contributed by atoms with Crippen LogP contribution < -0.4 is 0 Å². The van der Waals surface area contributed by atoms with Crippen molar-refractivity contribution >= 4 is 16.9 Å². The van der Waals surface area contributed by atoms with Crippen molar-refractivity contribution < 1.29 is 4.79 Å². The monoisotopic (exact) mass is 349 g/mol. The molecule has 0 unspecified atom stereocenters. The molecular weight excluding hydrogens is 322 g/mol. The third kappa shape index (κ3) is 3.96. The van der Waals surface area contributed by atoms with E-state index in [1.807, 2.05) is 42.3 Å². The second kappa shape index (κ2) is 8.17. The van der Waals surface area contributed by atoms with Crippen LogP contribution >= 0.6 is 0 Å². The van der Waals surface area contributed by atoms with Gasteiger partial charge in [-0.3, -0.25) is 4.79 Å². The molecule has 0 bridgehead atoms. The van der Waals surface area contributed by atoms with Gasteiger partial charge in [0.1, 0.15) is 12.4 Å². The molecule has 0 radical (unpaired) electrons. The van der Waals surface area contributed by atoms with E-state index in [4.69, 9.17) is 4.98 Å². The molecule has 0 fully saturated rings. The lowest BCUT2D eigenvalue weighted by atomic mass is 10.1. The highest BCUT2D eigenvalue weighted by Crippen LogP contribution is 2.20. The molecule has 4 nitrogen and oxygen atoms in total. The fraction of sp³-hybridized carbons (Fsp3) is 0.364. The zero-order valence-corrected chi connectivity index (χ0v) is 15.9. The van der Waals surface area contributed by atoms with E-state index in [0.29, 0.717) is 6.54 Å². The summed E-state index contributed by atoms with van der Waals surface area (Å²) < 4.78 is 2.08. The average molecular weight is 349 g/mol. The molecule has 136 valence electrons. The van der Waals surface area contributed by atoms with Crippen LogP contribution in [0.5, 0.6) is 0 Å². The molecule has 1 heterocycles. The van der Waals surface area contributed by atoms with Crippen LogP contribution in [-0.2, 0) is 17.8 Å². The molecule has 4 heteroatoms. The number of para-hydroxylation sites is 2. The number of aryl methyl sites for hydroxylation is 1. The highest BCUT2D eigenvalue weighted by Gasteiger charge is 2.16. The molecule has 0 saturated carbocycles. The van der Waals surface area contributed by atoms with Crippen molar-refractivity contribution in [3.05, 3.63) is 65.5 Å². The molecule has 0 N–H and O–H groups in total. The Morgan fingerprint density at radius 1 is 1.12 bits per heavy atom. The number of fused-ring (bicyclic) bond motifs is 1. The summed E-state index contributed by atoms with van der Waals surface area (Å²) in [4.78, 5) is 19.4. The van der Waals surface area contributed by atoms with Crippen molar-refractivity contribution in [3.8, 4) is 0 Å². The topological polar surface area (TPSA) is 38.1 Å². The van der Waals surface area contributed by atoms with Crippen LogP contribution in [0, 0.1) is 6.92 Å². The minimum atomic E-state index is 0.132. The number of imidazole rings is 1. The number of amides is 1. The number of hydrogen-bond donors (Lipinski definition) is 0. The van der Waals surface area contributed by atoms with Crippen LogP contribution in [0.2, 0.25) is 0 Å². The van der Waals surface area contributed by atoms with Crippen LogP contribution in [0.1, 0.15) is 36.7 Å². The van der Waals surface area contributed by atoms with Crippen molar-refractivity contribution in [2.45, 2.75) is 39.7 Å². The Balaban J connectivity index is 1.92. The fourth-order valence-corrected chi connectivity index (χ4v) is 3.19. The summed E-state index contributed by atoms with van der Waals surface area (Å²) in [5.41, 5.74) is 4.46. The maximum Gasteiger partial charge on any atom is 0.242 e. The van der Waals surface area contributed by atoms with Crippen LogP contribution in [0.3, 0.4) is 0 Å². The first-order valence-corrected chi connectivity index (χ1v) is 9.32. The van der Waals surface area contributed by atoms with Gasteiger partial charge in [-0.2, -0.15) is 0 Å². The lowest BCUT2D eigenvalue weighted by Crippen LogP contribution is -2.31. The largest absolute Gasteiger partial charge is 0.344 e. The van der Waals surface area contributed by atoms with E-state index in [0.717, 1.165) is 42.7 Å². The van der Waals surface area contributed by atoms with Gasteiger partial charge in [0.15, 0.2) is 0 Å². The van der Waals surface area contributed by atoms with Gasteiger partial charge < -0.3 is 9.47 Å². The molecule has 26 heavy (non-hydrogen) atoms. The second-order valence-corrected chi connectivity index (χ2v) is 6.87. The summed E-state index contributed by atoms with van der Waals surface area (Å²) in [5.74, 6) is 1.07. The number of carbonyl (C=O) groups is 1. The lowest BCUT2D eigenvalue weighted by molar-refractivity contribution is -0.130. The highest BCUT2D eigenvalue weighted by molar-refractivity contribution is 5.81. The molecule has 2 aromatic carbocycles. The molecule has 0 atom stereocenters. The van der Waals surface area contributed by atoms with Gasteiger partial charge in [0.25, 0.3) is 0 Å². The van der Waals surface area contributed by atoms with E-state index in [2.05, 4.69) is 36.6 Å². The van der Waals surface area contributed by atoms with Crippen molar-refractivity contribution in [3.63, 3.8) is 0 Å². The van der Waals surface area contributed by atoms with E-state index in [1.165, 1.54) is 11.1 Å². The van der Waals surface area contributed by atoms with Gasteiger partial charge in [-0.15, -0.1) is 0 Å². The smallest absolute Gasteiger partial charge is 0.242 e. The zero-order chi connectivity index (χ0) is 18.5. The number of rotatable bonds is 7. The van der Waals surface area contributed by atoms with Gasteiger partial charge in [0.05, 0.1) is 11.0 Å². The Labute approximate surface area is 155 Å². The fourth-order valence-electron chi connectivity index (χ4n) is 3.19. The molecule has 3 rings (SSSR count). The third-order valence-corrected chi connectivity index (χ3v) is 4.91. The summed E-state index contributed by atoms with van der Waals surface area (Å²) in [5, 5.41) is 0. The van der Waals surface area contributed by atoms with Crippen molar-refractivity contribution in [2.75, 3.05) is 13.6 Å². The van der Waals surface area contributed by atoms with Crippen molar-refractivity contribution in [1.82, 2.24) is 14.5 Å². The van der Waals surface area contributed by atoms with E-state index >= 15 is 0 Å². The lowest BCUT2D eigenvalue weighted by Gasteiger charge is -2.18. The minimum absolute atomic E-state index is 0.132. The van der Waals surface area contributed by atoms with Crippen LogP contribution in [0.25, 0.3) is 11.0 Å². The van der Waals surface area contributed by atoms with Gasteiger partial charge in [-0.05, 0) is 36.6 Å². The SMILES string of the molecule is CCCCN(C)C(=O)Cn1c(Cc2ccccc2C)nc2ccccc21. The predicted molar refractivity (Wildman–Crippen MR) is 106 cm³/mol. The minimum Gasteiger partial charge on any atom is -0.344 e. The number of nitrogens with zero attached hydrogens (tertiary/aromatic N) is 3. The molecule has 0 aliphatic heterocycles. The standard InChI is InChI=1S/C22H27N3O/c1-4-5-14-24(3)22(26)16-25-20-13-9-8-12-19(20)23-21(25)15-18-11-7-6-10-17(18)2/h6-13H,4-5,14-16H2,1-3H3. The van der Waals surface area contributed by atoms with Gasteiger partial charge in [-0.25, -0.2) is 4.98 Å². The van der Waals surface area contributed by atoms with Gasteiger partial charge >= 0.3 is 0 Å². The molecule has 0 aliphatic carbocycles. The van der Waals surface area contributed by atoms with E-state index < -0.39 is 0 Å². The normalized spacial score (nSPS) is 11.0. The first-order valence-electron chi connectivity index (χ1n) is 9.32. The van der Waals surface area contributed by atoms with E-state index in [9.17, 15) is 4.79 Å². The van der Waals surface area contributed by atoms with Crippen LogP contribution in [0.4, 0.5) is 0 Å². The quantitative estimate of drug-likeness (QED) is 0.641. The number of benzene rings is 2. The highest BCUT2D eigenvalue weighted by atomic mass is 16.2. The Morgan fingerprint density at radius 3 is 2.62 bits per heavy atom. The molecule has 3 aromatic rings. The Bertz CT molecular complexity index is 897. The third-order valence-electron chi connectivity index (χ3n) is 4.91. The van der Waals surface area contributed by atoms with Gasteiger partial charge in [0.2, 0.25) is 5.91 Å². The van der Waals surface area contributed by atoms with Crippen molar-refractivity contribution in [2.24, 2.45) is 0 Å². The Kier molecular flexibility index (Phi) is 5.71. The summed E-state index contributed by atoms with van der Waals surface area (Å²) in [6.07, 6.45) is 2.85. The molecule has 0 saturated heterocycles. The van der Waals surface area contributed by atoms with Crippen molar-refractivity contribution in [1.29, 1.82) is 0 Å². The zero-order valence-electron chi connectivity index (χ0n) is 15.9.